The van der Waals surface area contributed by atoms with Gasteiger partial charge in [-0.05, 0) is 12.1 Å². The maximum atomic E-state index is 5.87. The summed E-state index contributed by atoms with van der Waals surface area (Å²) in [7, 11) is 1.94. The normalized spacial score (nSPS) is 10.4. The summed E-state index contributed by atoms with van der Waals surface area (Å²) in [5, 5.41) is 0.397. The van der Waals surface area contributed by atoms with E-state index in [0.29, 0.717) is 5.15 Å². The van der Waals surface area contributed by atoms with Crippen LogP contribution in [0.25, 0.3) is 0 Å². The third-order valence-corrected chi connectivity index (χ3v) is 3.40. The SMILES string of the molecule is CN(Cc1ccc(Cl)s1)c1cncc(Cl)n1. The Balaban J connectivity index is 2.11. The topological polar surface area (TPSA) is 29.0 Å². The van der Waals surface area contributed by atoms with E-state index in [0.717, 1.165) is 16.7 Å². The Hall–Kier alpha value is -0.840. The highest BCUT2D eigenvalue weighted by atomic mass is 35.5. The van der Waals surface area contributed by atoms with Crippen LogP contribution in [0, 0.1) is 0 Å². The van der Waals surface area contributed by atoms with Gasteiger partial charge >= 0.3 is 0 Å². The monoisotopic (exact) mass is 273 g/mol. The zero-order valence-electron chi connectivity index (χ0n) is 8.52. The Morgan fingerprint density at radius 3 is 2.75 bits per heavy atom. The number of hydrogen-bond acceptors (Lipinski definition) is 4. The molecule has 0 saturated carbocycles. The van der Waals surface area contributed by atoms with E-state index >= 15 is 0 Å². The van der Waals surface area contributed by atoms with Crippen molar-refractivity contribution in [2.45, 2.75) is 6.54 Å². The van der Waals surface area contributed by atoms with Crippen LogP contribution in [0.15, 0.2) is 24.5 Å². The van der Waals surface area contributed by atoms with Gasteiger partial charge in [-0.1, -0.05) is 23.2 Å². The van der Waals surface area contributed by atoms with Crippen LogP contribution in [0.3, 0.4) is 0 Å². The number of halogens is 2. The van der Waals surface area contributed by atoms with Gasteiger partial charge in [-0.2, -0.15) is 0 Å². The first-order valence-corrected chi connectivity index (χ1v) is 6.15. The van der Waals surface area contributed by atoms with Gasteiger partial charge in [0.1, 0.15) is 11.0 Å². The fraction of sp³-hybridized carbons (Fsp3) is 0.200. The molecule has 0 N–H and O–H groups in total. The predicted octanol–water partition coefficient (Wildman–Crippen LogP) is 3.48. The van der Waals surface area contributed by atoms with Crippen molar-refractivity contribution in [1.29, 1.82) is 0 Å². The Labute approximate surface area is 108 Å². The summed E-state index contributed by atoms with van der Waals surface area (Å²) < 4.78 is 0.792. The largest absolute Gasteiger partial charge is 0.353 e. The van der Waals surface area contributed by atoms with Crippen molar-refractivity contribution in [3.05, 3.63) is 38.9 Å². The summed E-state index contributed by atoms with van der Waals surface area (Å²) in [5.41, 5.74) is 0. The van der Waals surface area contributed by atoms with Crippen LogP contribution in [0.4, 0.5) is 5.82 Å². The van der Waals surface area contributed by atoms with Gasteiger partial charge in [0, 0.05) is 11.9 Å². The van der Waals surface area contributed by atoms with E-state index < -0.39 is 0 Å². The zero-order valence-corrected chi connectivity index (χ0v) is 10.9. The molecule has 0 amide bonds. The molecule has 2 aromatic rings. The van der Waals surface area contributed by atoms with Gasteiger partial charge in [-0.3, -0.25) is 4.98 Å². The first-order chi connectivity index (χ1) is 7.65. The molecule has 0 aliphatic heterocycles. The predicted molar refractivity (Wildman–Crippen MR) is 68.5 cm³/mol. The number of anilines is 1. The molecule has 0 unspecified atom stereocenters. The lowest BCUT2D eigenvalue weighted by Gasteiger charge is -2.16. The number of hydrogen-bond donors (Lipinski definition) is 0. The van der Waals surface area contributed by atoms with Gasteiger partial charge in [-0.25, -0.2) is 4.98 Å². The molecule has 0 fully saturated rings. The average molecular weight is 274 g/mol. The Kier molecular flexibility index (Phi) is 3.63. The molecule has 2 heterocycles. The molecule has 0 radical (unpaired) electrons. The molecule has 2 rings (SSSR count). The highest BCUT2D eigenvalue weighted by Crippen LogP contribution is 2.23. The highest BCUT2D eigenvalue weighted by Gasteiger charge is 2.06. The van der Waals surface area contributed by atoms with E-state index in [1.165, 1.54) is 11.1 Å². The zero-order chi connectivity index (χ0) is 11.5. The fourth-order valence-electron chi connectivity index (χ4n) is 1.27. The quantitative estimate of drug-likeness (QED) is 0.858. The summed E-state index contributed by atoms with van der Waals surface area (Å²) >= 11 is 13.2. The Bertz CT molecular complexity index is 486. The molecular weight excluding hydrogens is 265 g/mol. The molecule has 3 nitrogen and oxygen atoms in total. The van der Waals surface area contributed by atoms with Gasteiger partial charge < -0.3 is 4.90 Å². The molecule has 0 aliphatic carbocycles. The first kappa shape index (κ1) is 11.6. The number of thiophene rings is 1. The van der Waals surface area contributed by atoms with E-state index in [-0.39, 0.29) is 0 Å². The van der Waals surface area contributed by atoms with Crippen LogP contribution < -0.4 is 4.90 Å². The van der Waals surface area contributed by atoms with Gasteiger partial charge in [0.05, 0.1) is 23.3 Å². The molecule has 16 heavy (non-hydrogen) atoms. The van der Waals surface area contributed by atoms with Crippen molar-refractivity contribution in [1.82, 2.24) is 9.97 Å². The molecule has 0 aromatic carbocycles. The second-order valence-electron chi connectivity index (χ2n) is 3.26. The third-order valence-electron chi connectivity index (χ3n) is 2.01. The maximum absolute atomic E-state index is 5.87. The summed E-state index contributed by atoms with van der Waals surface area (Å²) in [6.07, 6.45) is 3.20. The molecule has 0 atom stereocenters. The lowest BCUT2D eigenvalue weighted by atomic mass is 10.4. The van der Waals surface area contributed by atoms with Crippen LogP contribution in [-0.4, -0.2) is 17.0 Å². The van der Waals surface area contributed by atoms with Crippen LogP contribution in [0.5, 0.6) is 0 Å². The van der Waals surface area contributed by atoms with E-state index in [4.69, 9.17) is 23.2 Å². The Morgan fingerprint density at radius 1 is 1.31 bits per heavy atom. The maximum Gasteiger partial charge on any atom is 0.149 e. The molecular formula is C10H9Cl2N3S. The van der Waals surface area contributed by atoms with E-state index in [9.17, 15) is 0 Å². The van der Waals surface area contributed by atoms with E-state index in [2.05, 4.69) is 9.97 Å². The molecule has 0 saturated heterocycles. The van der Waals surface area contributed by atoms with Gasteiger partial charge in [0.25, 0.3) is 0 Å². The number of rotatable bonds is 3. The Morgan fingerprint density at radius 2 is 2.12 bits per heavy atom. The molecule has 6 heteroatoms. The molecule has 0 aliphatic rings. The van der Waals surface area contributed by atoms with Crippen molar-refractivity contribution in [3.63, 3.8) is 0 Å². The van der Waals surface area contributed by atoms with Crippen LogP contribution in [0.1, 0.15) is 4.88 Å². The van der Waals surface area contributed by atoms with E-state index in [1.54, 1.807) is 17.5 Å². The van der Waals surface area contributed by atoms with Crippen molar-refractivity contribution in [3.8, 4) is 0 Å². The third kappa shape index (κ3) is 2.84. The average Bonchev–Trinajstić information content (AvgIpc) is 2.64. The lowest BCUT2D eigenvalue weighted by molar-refractivity contribution is 0.904. The standard InChI is InChI=1S/C10H9Cl2N3S/c1-15(6-7-2-3-9(12)16-7)10-5-13-4-8(11)14-10/h2-5H,6H2,1H3. The summed E-state index contributed by atoms with van der Waals surface area (Å²) in [6.45, 7) is 0.742. The summed E-state index contributed by atoms with van der Waals surface area (Å²) in [6, 6.07) is 3.89. The van der Waals surface area contributed by atoms with Crippen molar-refractivity contribution in [2.75, 3.05) is 11.9 Å². The minimum atomic E-state index is 0.397. The molecule has 84 valence electrons. The second-order valence-corrected chi connectivity index (χ2v) is 5.45. The van der Waals surface area contributed by atoms with Crippen LogP contribution >= 0.6 is 34.5 Å². The summed E-state index contributed by atoms with van der Waals surface area (Å²) in [5.74, 6) is 0.747. The highest BCUT2D eigenvalue weighted by molar-refractivity contribution is 7.16. The smallest absolute Gasteiger partial charge is 0.149 e. The molecule has 0 bridgehead atoms. The van der Waals surface area contributed by atoms with Gasteiger partial charge in [0.2, 0.25) is 0 Å². The van der Waals surface area contributed by atoms with Crippen molar-refractivity contribution < 1.29 is 0 Å². The summed E-state index contributed by atoms with van der Waals surface area (Å²) in [4.78, 5) is 11.3. The van der Waals surface area contributed by atoms with Crippen molar-refractivity contribution in [2.24, 2.45) is 0 Å². The van der Waals surface area contributed by atoms with Crippen LogP contribution in [-0.2, 0) is 6.54 Å². The minimum absolute atomic E-state index is 0.397. The number of aromatic nitrogens is 2. The molecule has 2 aromatic heterocycles. The van der Waals surface area contributed by atoms with Crippen LogP contribution in [0.2, 0.25) is 9.49 Å². The fourth-order valence-corrected chi connectivity index (χ4v) is 2.55. The first-order valence-electron chi connectivity index (χ1n) is 4.58. The van der Waals surface area contributed by atoms with Gasteiger partial charge in [-0.15, -0.1) is 11.3 Å². The number of nitrogens with zero attached hydrogens (tertiary/aromatic N) is 3. The van der Waals surface area contributed by atoms with Gasteiger partial charge in [0.15, 0.2) is 0 Å². The van der Waals surface area contributed by atoms with E-state index in [1.807, 2.05) is 24.1 Å². The molecule has 0 spiro atoms. The van der Waals surface area contributed by atoms with Crippen molar-refractivity contribution >= 4 is 40.4 Å². The minimum Gasteiger partial charge on any atom is -0.353 e. The lowest BCUT2D eigenvalue weighted by Crippen LogP contribution is -2.17. The second kappa shape index (κ2) is 4.99.